The normalized spacial score (nSPS) is 10.8. The first-order valence-corrected chi connectivity index (χ1v) is 8.43. The lowest BCUT2D eigenvalue weighted by Gasteiger charge is -2.08. The van der Waals surface area contributed by atoms with Crippen LogP contribution in [-0.4, -0.2) is 14.7 Å². The van der Waals surface area contributed by atoms with E-state index in [1.54, 1.807) is 23.9 Å². The van der Waals surface area contributed by atoms with E-state index in [0.29, 0.717) is 11.3 Å². The van der Waals surface area contributed by atoms with E-state index in [2.05, 4.69) is 4.72 Å². The van der Waals surface area contributed by atoms with E-state index in [1.807, 2.05) is 24.5 Å². The molecule has 0 heterocycles. The minimum absolute atomic E-state index is 0.130. The quantitative estimate of drug-likeness (QED) is 0.881. The van der Waals surface area contributed by atoms with Crippen LogP contribution in [0.4, 0.5) is 5.69 Å². The Kier molecular flexibility index (Phi) is 4.32. The van der Waals surface area contributed by atoms with Crippen LogP contribution in [0.2, 0.25) is 0 Å². The number of nitrogens with zero attached hydrogens (tertiary/aromatic N) is 1. The molecule has 0 amide bonds. The van der Waals surface area contributed by atoms with Crippen LogP contribution in [0.25, 0.3) is 0 Å². The number of hydrogen-bond acceptors (Lipinski definition) is 4. The van der Waals surface area contributed by atoms with Crippen LogP contribution in [0.3, 0.4) is 0 Å². The number of rotatable bonds is 4. The van der Waals surface area contributed by atoms with Crippen molar-refractivity contribution in [1.82, 2.24) is 0 Å². The first-order chi connectivity index (χ1) is 9.55. The van der Waals surface area contributed by atoms with Crippen LogP contribution in [-0.2, 0) is 10.0 Å². The fraction of sp³-hybridized carbons (Fsp3) is 0.0714. The standard InChI is InChI=1S/C14H12N2O2S2/c1-19-13-6-4-12(5-7-13)16-20(17,18)14-8-2-11(10-15)3-9-14/h2-9,16H,1H3. The van der Waals surface area contributed by atoms with Gasteiger partial charge in [-0.05, 0) is 54.8 Å². The van der Waals surface area contributed by atoms with E-state index < -0.39 is 10.0 Å². The highest BCUT2D eigenvalue weighted by atomic mass is 32.2. The smallest absolute Gasteiger partial charge is 0.261 e. The Bertz CT molecular complexity index is 730. The highest BCUT2D eigenvalue weighted by Gasteiger charge is 2.13. The summed E-state index contributed by atoms with van der Waals surface area (Å²) in [4.78, 5) is 1.19. The van der Waals surface area contributed by atoms with Crippen molar-refractivity contribution in [1.29, 1.82) is 5.26 Å². The molecule has 0 radical (unpaired) electrons. The molecule has 4 nitrogen and oxygen atoms in total. The number of anilines is 1. The molecular formula is C14H12N2O2S2. The molecule has 0 fully saturated rings. The fourth-order valence-corrected chi connectivity index (χ4v) is 3.05. The van der Waals surface area contributed by atoms with Crippen LogP contribution in [0.15, 0.2) is 58.3 Å². The summed E-state index contributed by atoms with van der Waals surface area (Å²) in [5.41, 5.74) is 0.931. The van der Waals surface area contributed by atoms with E-state index in [0.717, 1.165) is 4.90 Å². The molecule has 0 spiro atoms. The van der Waals surface area contributed by atoms with Crippen molar-refractivity contribution in [3.8, 4) is 6.07 Å². The molecule has 2 rings (SSSR count). The van der Waals surface area contributed by atoms with Crippen LogP contribution in [0.1, 0.15) is 5.56 Å². The molecule has 2 aromatic rings. The minimum atomic E-state index is -3.62. The van der Waals surface area contributed by atoms with Gasteiger partial charge in [-0.1, -0.05) is 0 Å². The van der Waals surface area contributed by atoms with Gasteiger partial charge >= 0.3 is 0 Å². The lowest BCUT2D eigenvalue weighted by atomic mass is 10.2. The molecule has 0 aromatic heterocycles. The zero-order chi connectivity index (χ0) is 14.6. The monoisotopic (exact) mass is 304 g/mol. The zero-order valence-electron chi connectivity index (χ0n) is 10.7. The number of hydrogen-bond donors (Lipinski definition) is 1. The molecular weight excluding hydrogens is 292 g/mol. The van der Waals surface area contributed by atoms with Gasteiger partial charge in [-0.2, -0.15) is 5.26 Å². The second-order valence-corrected chi connectivity index (χ2v) is 6.53. The average Bonchev–Trinajstić information content (AvgIpc) is 2.48. The van der Waals surface area contributed by atoms with Gasteiger partial charge in [-0.25, -0.2) is 8.42 Å². The van der Waals surface area contributed by atoms with Crippen LogP contribution in [0, 0.1) is 11.3 Å². The summed E-state index contributed by atoms with van der Waals surface area (Å²) >= 11 is 1.59. The molecule has 1 N–H and O–H groups in total. The van der Waals surface area contributed by atoms with Gasteiger partial charge in [-0.3, -0.25) is 4.72 Å². The van der Waals surface area contributed by atoms with Crippen LogP contribution in [0.5, 0.6) is 0 Å². The van der Waals surface area contributed by atoms with E-state index in [4.69, 9.17) is 5.26 Å². The fourth-order valence-electron chi connectivity index (χ4n) is 1.58. The van der Waals surface area contributed by atoms with E-state index >= 15 is 0 Å². The third-order valence-electron chi connectivity index (χ3n) is 2.64. The molecule has 0 unspecified atom stereocenters. The number of nitrogens with one attached hydrogen (secondary N) is 1. The van der Waals surface area contributed by atoms with Crippen molar-refractivity contribution >= 4 is 27.5 Å². The zero-order valence-corrected chi connectivity index (χ0v) is 12.3. The predicted molar refractivity (Wildman–Crippen MR) is 80.2 cm³/mol. The van der Waals surface area contributed by atoms with E-state index in [9.17, 15) is 8.42 Å². The molecule has 0 aliphatic carbocycles. The summed E-state index contributed by atoms with van der Waals surface area (Å²) < 4.78 is 26.8. The molecule has 0 saturated heterocycles. The maximum atomic E-state index is 12.2. The molecule has 102 valence electrons. The summed E-state index contributed by atoms with van der Waals surface area (Å²) in [7, 11) is -3.62. The van der Waals surface area contributed by atoms with Crippen molar-refractivity contribution in [2.75, 3.05) is 11.0 Å². The Morgan fingerprint density at radius 1 is 1.05 bits per heavy atom. The Morgan fingerprint density at radius 2 is 1.65 bits per heavy atom. The maximum Gasteiger partial charge on any atom is 0.261 e. The Hall–Kier alpha value is -1.97. The lowest BCUT2D eigenvalue weighted by Crippen LogP contribution is -2.12. The summed E-state index contributed by atoms with van der Waals surface area (Å²) in [5, 5.41) is 8.70. The number of benzene rings is 2. The van der Waals surface area contributed by atoms with Crippen molar-refractivity contribution in [3.63, 3.8) is 0 Å². The van der Waals surface area contributed by atoms with Gasteiger partial charge < -0.3 is 0 Å². The highest BCUT2D eigenvalue weighted by Crippen LogP contribution is 2.20. The van der Waals surface area contributed by atoms with Crippen molar-refractivity contribution in [2.45, 2.75) is 9.79 Å². The van der Waals surface area contributed by atoms with E-state index in [-0.39, 0.29) is 4.90 Å². The van der Waals surface area contributed by atoms with Gasteiger partial charge in [0.05, 0.1) is 16.5 Å². The van der Waals surface area contributed by atoms with Crippen LogP contribution < -0.4 is 4.72 Å². The summed E-state index contributed by atoms with van der Waals surface area (Å²) in [6.07, 6.45) is 1.95. The first-order valence-electron chi connectivity index (χ1n) is 5.72. The number of sulfonamides is 1. The molecule has 0 bridgehead atoms. The average molecular weight is 304 g/mol. The van der Waals surface area contributed by atoms with Gasteiger partial charge in [0.1, 0.15) is 0 Å². The Morgan fingerprint density at radius 3 is 2.15 bits per heavy atom. The van der Waals surface area contributed by atoms with Gasteiger partial charge in [-0.15, -0.1) is 11.8 Å². The third-order valence-corrected chi connectivity index (χ3v) is 4.78. The second-order valence-electron chi connectivity index (χ2n) is 3.97. The summed E-state index contributed by atoms with van der Waals surface area (Å²) in [6, 6.07) is 14.9. The minimum Gasteiger partial charge on any atom is -0.280 e. The van der Waals surface area contributed by atoms with Gasteiger partial charge in [0.25, 0.3) is 10.0 Å². The van der Waals surface area contributed by atoms with E-state index in [1.165, 1.54) is 24.3 Å². The SMILES string of the molecule is CSc1ccc(NS(=O)(=O)c2ccc(C#N)cc2)cc1. The molecule has 0 saturated carbocycles. The van der Waals surface area contributed by atoms with Crippen molar-refractivity contribution in [3.05, 3.63) is 54.1 Å². The van der Waals surface area contributed by atoms with Crippen molar-refractivity contribution in [2.24, 2.45) is 0 Å². The molecule has 2 aromatic carbocycles. The molecule has 0 aliphatic rings. The summed E-state index contributed by atoms with van der Waals surface area (Å²) in [5.74, 6) is 0. The van der Waals surface area contributed by atoms with Gasteiger partial charge in [0, 0.05) is 10.6 Å². The molecule has 0 atom stereocenters. The van der Waals surface area contributed by atoms with Crippen LogP contribution >= 0.6 is 11.8 Å². The Labute approximate surface area is 122 Å². The maximum absolute atomic E-state index is 12.2. The van der Waals surface area contributed by atoms with Gasteiger partial charge in [0.2, 0.25) is 0 Å². The second kappa shape index (κ2) is 5.99. The third kappa shape index (κ3) is 3.32. The number of nitriles is 1. The first kappa shape index (κ1) is 14.4. The highest BCUT2D eigenvalue weighted by molar-refractivity contribution is 7.98. The molecule has 0 aliphatic heterocycles. The van der Waals surface area contributed by atoms with Crippen molar-refractivity contribution < 1.29 is 8.42 Å². The molecule has 6 heteroatoms. The number of thioether (sulfide) groups is 1. The summed E-state index contributed by atoms with van der Waals surface area (Å²) in [6.45, 7) is 0. The largest absolute Gasteiger partial charge is 0.280 e. The lowest BCUT2D eigenvalue weighted by molar-refractivity contribution is 0.601. The Balaban J connectivity index is 2.23. The molecule has 20 heavy (non-hydrogen) atoms. The topological polar surface area (TPSA) is 70.0 Å². The predicted octanol–water partition coefficient (Wildman–Crippen LogP) is 3.08. The van der Waals surface area contributed by atoms with Gasteiger partial charge in [0.15, 0.2) is 0 Å².